The first-order chi connectivity index (χ1) is 11.5. The predicted molar refractivity (Wildman–Crippen MR) is 93.8 cm³/mol. The fraction of sp³-hybridized carbons (Fsp3) is 0.316. The van der Waals surface area contributed by atoms with E-state index in [4.69, 9.17) is 11.6 Å². The lowest BCUT2D eigenvalue weighted by Crippen LogP contribution is -2.48. The Morgan fingerprint density at radius 3 is 2.38 bits per heavy atom. The van der Waals surface area contributed by atoms with Crippen LogP contribution in [-0.2, 0) is 6.54 Å². The molecule has 3 rings (SSSR count). The van der Waals surface area contributed by atoms with E-state index in [1.165, 1.54) is 29.3 Å². The molecule has 1 amide bonds. The normalized spacial score (nSPS) is 15.5. The Hall–Kier alpha value is -1.91. The summed E-state index contributed by atoms with van der Waals surface area (Å²) in [6.45, 7) is 5.90. The standard InChI is InChI=1S/C19H20ClFN2O/c1-14-2-4-15(5-3-14)13-22-8-10-23(11-9-22)19(24)17-7-6-16(21)12-18(17)20/h2-7,12H,8-11,13H2,1H3. The second-order valence-electron chi connectivity index (χ2n) is 6.18. The summed E-state index contributed by atoms with van der Waals surface area (Å²) in [5.74, 6) is -0.561. The van der Waals surface area contributed by atoms with E-state index in [9.17, 15) is 9.18 Å². The van der Waals surface area contributed by atoms with E-state index in [1.807, 2.05) is 0 Å². The molecule has 0 aliphatic carbocycles. The van der Waals surface area contributed by atoms with E-state index >= 15 is 0 Å². The van der Waals surface area contributed by atoms with Crippen molar-refractivity contribution in [2.75, 3.05) is 26.2 Å². The van der Waals surface area contributed by atoms with Gasteiger partial charge in [0.1, 0.15) is 5.82 Å². The number of carbonyl (C=O) groups is 1. The van der Waals surface area contributed by atoms with Gasteiger partial charge in [0.15, 0.2) is 0 Å². The molecule has 1 fully saturated rings. The molecular weight excluding hydrogens is 327 g/mol. The summed E-state index contributed by atoms with van der Waals surface area (Å²) in [5.41, 5.74) is 2.90. The summed E-state index contributed by atoms with van der Waals surface area (Å²) < 4.78 is 13.1. The first-order valence-corrected chi connectivity index (χ1v) is 8.43. The van der Waals surface area contributed by atoms with Crippen molar-refractivity contribution < 1.29 is 9.18 Å². The maximum Gasteiger partial charge on any atom is 0.255 e. The summed E-state index contributed by atoms with van der Waals surface area (Å²) >= 11 is 5.99. The highest BCUT2D eigenvalue weighted by atomic mass is 35.5. The topological polar surface area (TPSA) is 23.6 Å². The van der Waals surface area contributed by atoms with Crippen molar-refractivity contribution in [1.29, 1.82) is 0 Å². The summed E-state index contributed by atoms with van der Waals surface area (Å²) in [7, 11) is 0. The van der Waals surface area contributed by atoms with Crippen LogP contribution < -0.4 is 0 Å². The minimum Gasteiger partial charge on any atom is -0.336 e. The SMILES string of the molecule is Cc1ccc(CN2CCN(C(=O)c3ccc(F)cc3Cl)CC2)cc1. The van der Waals surface area contributed by atoms with Crippen molar-refractivity contribution in [3.05, 3.63) is 70.0 Å². The number of nitrogens with zero attached hydrogens (tertiary/aromatic N) is 2. The molecule has 0 saturated carbocycles. The van der Waals surface area contributed by atoms with E-state index in [-0.39, 0.29) is 10.9 Å². The Morgan fingerprint density at radius 2 is 1.75 bits per heavy atom. The van der Waals surface area contributed by atoms with Crippen molar-refractivity contribution >= 4 is 17.5 Å². The van der Waals surface area contributed by atoms with Gasteiger partial charge in [-0.3, -0.25) is 9.69 Å². The molecule has 1 heterocycles. The van der Waals surface area contributed by atoms with Crippen LogP contribution in [0.5, 0.6) is 0 Å². The van der Waals surface area contributed by atoms with Crippen molar-refractivity contribution in [3.8, 4) is 0 Å². The molecule has 0 atom stereocenters. The van der Waals surface area contributed by atoms with Gasteiger partial charge in [-0.2, -0.15) is 0 Å². The number of aryl methyl sites for hydroxylation is 1. The van der Waals surface area contributed by atoms with Crippen molar-refractivity contribution in [1.82, 2.24) is 9.80 Å². The molecule has 0 N–H and O–H groups in total. The van der Waals surface area contributed by atoms with Crippen LogP contribution in [0.15, 0.2) is 42.5 Å². The van der Waals surface area contributed by atoms with Gasteiger partial charge in [0.2, 0.25) is 0 Å². The minimum absolute atomic E-state index is 0.130. The van der Waals surface area contributed by atoms with E-state index in [0.717, 1.165) is 19.6 Å². The zero-order valence-corrected chi connectivity index (χ0v) is 14.4. The molecule has 0 spiro atoms. The Morgan fingerprint density at radius 1 is 1.08 bits per heavy atom. The highest BCUT2D eigenvalue weighted by Crippen LogP contribution is 2.20. The lowest BCUT2D eigenvalue weighted by Gasteiger charge is -2.35. The molecule has 0 radical (unpaired) electrons. The van der Waals surface area contributed by atoms with Crippen LogP contribution in [-0.4, -0.2) is 41.9 Å². The predicted octanol–water partition coefficient (Wildman–Crippen LogP) is 3.75. The molecule has 2 aromatic rings. The molecule has 0 unspecified atom stereocenters. The molecule has 1 aliphatic rings. The summed E-state index contributed by atoms with van der Waals surface area (Å²) in [6.07, 6.45) is 0. The van der Waals surface area contributed by atoms with Crippen LogP contribution in [0.2, 0.25) is 5.02 Å². The number of piperazine rings is 1. The maximum atomic E-state index is 13.1. The Labute approximate surface area is 146 Å². The number of halogens is 2. The summed E-state index contributed by atoms with van der Waals surface area (Å²) in [4.78, 5) is 16.7. The lowest BCUT2D eigenvalue weighted by molar-refractivity contribution is 0.0628. The van der Waals surface area contributed by atoms with E-state index < -0.39 is 5.82 Å². The second kappa shape index (κ2) is 7.32. The average molecular weight is 347 g/mol. The fourth-order valence-corrected chi connectivity index (χ4v) is 3.14. The molecule has 0 aromatic heterocycles. The van der Waals surface area contributed by atoms with Gasteiger partial charge in [0.25, 0.3) is 5.91 Å². The van der Waals surface area contributed by atoms with Crippen molar-refractivity contribution in [3.63, 3.8) is 0 Å². The second-order valence-corrected chi connectivity index (χ2v) is 6.59. The zero-order chi connectivity index (χ0) is 17.1. The number of carbonyl (C=O) groups excluding carboxylic acids is 1. The average Bonchev–Trinajstić information content (AvgIpc) is 2.57. The van der Waals surface area contributed by atoms with Crippen LogP contribution in [0.1, 0.15) is 21.5 Å². The first kappa shape index (κ1) is 16.9. The van der Waals surface area contributed by atoms with Crippen LogP contribution >= 0.6 is 11.6 Å². The molecule has 0 bridgehead atoms. The van der Waals surface area contributed by atoms with Gasteiger partial charge in [-0.1, -0.05) is 41.4 Å². The molecule has 24 heavy (non-hydrogen) atoms. The molecule has 3 nitrogen and oxygen atoms in total. The van der Waals surface area contributed by atoms with Gasteiger partial charge in [0, 0.05) is 32.7 Å². The Balaban J connectivity index is 1.58. The molecule has 2 aromatic carbocycles. The number of amides is 1. The smallest absolute Gasteiger partial charge is 0.255 e. The molecular formula is C19H20ClFN2O. The Kier molecular flexibility index (Phi) is 5.17. The third-order valence-electron chi connectivity index (χ3n) is 4.35. The van der Waals surface area contributed by atoms with Gasteiger partial charge in [-0.05, 0) is 30.7 Å². The third kappa shape index (κ3) is 3.94. The molecule has 1 saturated heterocycles. The van der Waals surface area contributed by atoms with Gasteiger partial charge in [0.05, 0.1) is 10.6 Å². The van der Waals surface area contributed by atoms with E-state index in [0.29, 0.717) is 18.7 Å². The molecule has 5 heteroatoms. The zero-order valence-electron chi connectivity index (χ0n) is 13.6. The summed E-state index contributed by atoms with van der Waals surface area (Å²) in [6, 6.07) is 12.4. The summed E-state index contributed by atoms with van der Waals surface area (Å²) in [5, 5.41) is 0.169. The minimum atomic E-state index is -0.431. The van der Waals surface area contributed by atoms with E-state index in [1.54, 1.807) is 4.90 Å². The first-order valence-electron chi connectivity index (χ1n) is 8.05. The van der Waals surface area contributed by atoms with Crippen molar-refractivity contribution in [2.24, 2.45) is 0 Å². The van der Waals surface area contributed by atoms with Crippen LogP contribution in [0.4, 0.5) is 4.39 Å². The number of hydrogen-bond acceptors (Lipinski definition) is 2. The monoisotopic (exact) mass is 346 g/mol. The van der Waals surface area contributed by atoms with Gasteiger partial charge >= 0.3 is 0 Å². The van der Waals surface area contributed by atoms with E-state index in [2.05, 4.69) is 36.1 Å². The highest BCUT2D eigenvalue weighted by molar-refractivity contribution is 6.33. The quantitative estimate of drug-likeness (QED) is 0.845. The molecule has 1 aliphatic heterocycles. The maximum absolute atomic E-state index is 13.1. The van der Waals surface area contributed by atoms with Crippen LogP contribution in [0, 0.1) is 12.7 Å². The third-order valence-corrected chi connectivity index (χ3v) is 4.66. The highest BCUT2D eigenvalue weighted by Gasteiger charge is 2.23. The molecule has 126 valence electrons. The number of rotatable bonds is 3. The number of benzene rings is 2. The largest absolute Gasteiger partial charge is 0.336 e. The Bertz CT molecular complexity index is 725. The number of hydrogen-bond donors (Lipinski definition) is 0. The lowest BCUT2D eigenvalue weighted by atomic mass is 10.1. The van der Waals surface area contributed by atoms with Crippen LogP contribution in [0.3, 0.4) is 0 Å². The van der Waals surface area contributed by atoms with Gasteiger partial charge in [-0.15, -0.1) is 0 Å². The van der Waals surface area contributed by atoms with Crippen molar-refractivity contribution in [2.45, 2.75) is 13.5 Å². The van der Waals surface area contributed by atoms with Crippen LogP contribution in [0.25, 0.3) is 0 Å². The van der Waals surface area contributed by atoms with Gasteiger partial charge in [-0.25, -0.2) is 4.39 Å². The van der Waals surface area contributed by atoms with Gasteiger partial charge < -0.3 is 4.90 Å². The fourth-order valence-electron chi connectivity index (χ4n) is 2.89.